The number of hydrogen-bond acceptors (Lipinski definition) is 5. The molecular weight excluding hydrogens is 300 g/mol. The molecule has 2 aromatic rings. The maximum Gasteiger partial charge on any atom is 0.153 e. The third-order valence-electron chi connectivity index (χ3n) is 5.76. The van der Waals surface area contributed by atoms with Crippen molar-refractivity contribution >= 4 is 5.82 Å². The Morgan fingerprint density at radius 1 is 1.08 bits per heavy atom. The van der Waals surface area contributed by atoms with E-state index < -0.39 is 0 Å². The number of aromatic nitrogens is 5. The van der Waals surface area contributed by atoms with Crippen LogP contribution in [-0.4, -0.2) is 38.2 Å². The van der Waals surface area contributed by atoms with Gasteiger partial charge in [-0.05, 0) is 51.4 Å². The molecule has 6 nitrogen and oxygen atoms in total. The highest BCUT2D eigenvalue weighted by Gasteiger charge is 2.45. The van der Waals surface area contributed by atoms with Crippen molar-refractivity contribution in [1.29, 1.82) is 0 Å². The van der Waals surface area contributed by atoms with Crippen molar-refractivity contribution in [3.63, 3.8) is 0 Å². The summed E-state index contributed by atoms with van der Waals surface area (Å²) in [6, 6.07) is 0. The van der Waals surface area contributed by atoms with Gasteiger partial charge in [0.25, 0.3) is 0 Å². The highest BCUT2D eigenvalue weighted by molar-refractivity contribution is 5.46. The number of anilines is 1. The minimum absolute atomic E-state index is 0.444. The van der Waals surface area contributed by atoms with Gasteiger partial charge in [-0.3, -0.25) is 10.1 Å². The van der Waals surface area contributed by atoms with E-state index in [9.17, 15) is 0 Å². The summed E-state index contributed by atoms with van der Waals surface area (Å²) in [4.78, 5) is 16.5. The number of hydrogen-bond donors (Lipinski definition) is 1. The van der Waals surface area contributed by atoms with Crippen molar-refractivity contribution < 1.29 is 0 Å². The Kier molecular flexibility index (Phi) is 3.15. The van der Waals surface area contributed by atoms with Gasteiger partial charge in [0.05, 0.1) is 11.4 Å². The lowest BCUT2D eigenvalue weighted by atomic mass is 9.91. The minimum atomic E-state index is 0.444. The van der Waals surface area contributed by atoms with E-state index in [1.807, 2.05) is 13.1 Å². The Labute approximate surface area is 142 Å². The highest BCUT2D eigenvalue weighted by Crippen LogP contribution is 2.48. The molecule has 0 aromatic carbocycles. The van der Waals surface area contributed by atoms with Crippen LogP contribution in [0.4, 0.5) is 5.82 Å². The van der Waals surface area contributed by atoms with Crippen molar-refractivity contribution in [2.75, 3.05) is 18.0 Å². The molecule has 1 aliphatic heterocycles. The Morgan fingerprint density at radius 3 is 2.67 bits per heavy atom. The van der Waals surface area contributed by atoms with Crippen molar-refractivity contribution in [3.05, 3.63) is 29.2 Å². The van der Waals surface area contributed by atoms with Gasteiger partial charge in [0.1, 0.15) is 11.6 Å². The number of H-pyrrole nitrogens is 1. The molecule has 0 spiro atoms. The summed E-state index contributed by atoms with van der Waals surface area (Å²) in [5.41, 5.74) is 2.00. The Bertz CT molecular complexity index is 761. The van der Waals surface area contributed by atoms with Crippen molar-refractivity contribution in [3.8, 4) is 0 Å². The number of aromatic amines is 1. The molecule has 0 unspecified atom stereocenters. The van der Waals surface area contributed by atoms with Gasteiger partial charge in [-0.1, -0.05) is 0 Å². The molecule has 5 rings (SSSR count). The second-order valence-electron chi connectivity index (χ2n) is 7.79. The smallest absolute Gasteiger partial charge is 0.153 e. The fourth-order valence-electron chi connectivity index (χ4n) is 4.10. The molecule has 0 amide bonds. The lowest BCUT2D eigenvalue weighted by Crippen LogP contribution is -2.23. The van der Waals surface area contributed by atoms with Gasteiger partial charge in [-0.25, -0.2) is 9.97 Å². The van der Waals surface area contributed by atoms with Crippen LogP contribution in [0.15, 0.2) is 6.20 Å². The van der Waals surface area contributed by atoms with Crippen molar-refractivity contribution in [2.24, 2.45) is 11.8 Å². The third-order valence-corrected chi connectivity index (χ3v) is 5.76. The summed E-state index contributed by atoms with van der Waals surface area (Å²) in [5.74, 6) is 5.72. The average Bonchev–Trinajstić information content (AvgIpc) is 3.51. The zero-order valence-electron chi connectivity index (χ0n) is 14.4. The van der Waals surface area contributed by atoms with Crippen LogP contribution in [0.1, 0.15) is 60.6 Å². The van der Waals surface area contributed by atoms with Gasteiger partial charge in [-0.15, -0.1) is 0 Å². The van der Waals surface area contributed by atoms with E-state index in [0.717, 1.165) is 47.9 Å². The van der Waals surface area contributed by atoms with Crippen LogP contribution < -0.4 is 4.90 Å². The lowest BCUT2D eigenvalue weighted by Gasteiger charge is -2.19. The first kappa shape index (κ1) is 14.4. The van der Waals surface area contributed by atoms with Crippen LogP contribution >= 0.6 is 0 Å². The Morgan fingerprint density at radius 2 is 1.92 bits per heavy atom. The summed E-state index contributed by atoms with van der Waals surface area (Å²) in [6.07, 6.45) is 7.06. The second-order valence-corrected chi connectivity index (χ2v) is 7.79. The van der Waals surface area contributed by atoms with Crippen LogP contribution in [0.25, 0.3) is 0 Å². The van der Waals surface area contributed by atoms with Gasteiger partial charge in [0, 0.05) is 31.1 Å². The van der Waals surface area contributed by atoms with Crippen LogP contribution in [0.3, 0.4) is 0 Å². The van der Waals surface area contributed by atoms with Crippen LogP contribution in [-0.2, 0) is 0 Å². The molecule has 2 atom stereocenters. The minimum Gasteiger partial charge on any atom is -0.354 e. The molecule has 1 N–H and O–H groups in total. The molecule has 3 fully saturated rings. The van der Waals surface area contributed by atoms with E-state index in [1.165, 1.54) is 25.7 Å². The predicted molar refractivity (Wildman–Crippen MR) is 91.0 cm³/mol. The number of aryl methyl sites for hydroxylation is 2. The molecule has 2 aliphatic carbocycles. The van der Waals surface area contributed by atoms with E-state index in [-0.39, 0.29) is 0 Å². The maximum absolute atomic E-state index is 4.85. The first-order chi connectivity index (χ1) is 11.7. The van der Waals surface area contributed by atoms with E-state index >= 15 is 0 Å². The van der Waals surface area contributed by atoms with E-state index in [0.29, 0.717) is 17.8 Å². The SMILES string of the molecule is Cc1cnc(C)c(N2C[C@H](c3nc(C4CC4)n[nH]3)[C@@H](C3CC3)C2)n1. The maximum atomic E-state index is 4.85. The molecule has 2 saturated carbocycles. The fraction of sp³-hybridized carbons (Fsp3) is 0.667. The van der Waals surface area contributed by atoms with E-state index in [2.05, 4.69) is 27.0 Å². The molecule has 126 valence electrons. The Hall–Kier alpha value is -1.98. The summed E-state index contributed by atoms with van der Waals surface area (Å²) in [5, 5.41) is 7.74. The molecule has 0 radical (unpaired) electrons. The molecule has 3 heterocycles. The fourth-order valence-corrected chi connectivity index (χ4v) is 4.10. The summed E-state index contributed by atoms with van der Waals surface area (Å²) < 4.78 is 0. The molecule has 24 heavy (non-hydrogen) atoms. The van der Waals surface area contributed by atoms with E-state index in [4.69, 9.17) is 9.97 Å². The number of rotatable bonds is 4. The zero-order chi connectivity index (χ0) is 16.3. The highest BCUT2D eigenvalue weighted by atomic mass is 15.3. The van der Waals surface area contributed by atoms with Gasteiger partial charge in [-0.2, -0.15) is 5.10 Å². The molecule has 1 saturated heterocycles. The quantitative estimate of drug-likeness (QED) is 0.936. The average molecular weight is 324 g/mol. The van der Waals surface area contributed by atoms with Crippen LogP contribution in [0, 0.1) is 25.7 Å². The Balaban J connectivity index is 1.44. The third kappa shape index (κ3) is 2.48. The van der Waals surface area contributed by atoms with Crippen molar-refractivity contribution in [1.82, 2.24) is 25.1 Å². The number of nitrogens with one attached hydrogen (secondary N) is 1. The summed E-state index contributed by atoms with van der Waals surface area (Å²) >= 11 is 0. The van der Waals surface area contributed by atoms with Gasteiger partial charge in [0.15, 0.2) is 5.82 Å². The van der Waals surface area contributed by atoms with Crippen LogP contribution in [0.5, 0.6) is 0 Å². The summed E-state index contributed by atoms with van der Waals surface area (Å²) in [6.45, 7) is 6.11. The second kappa shape index (κ2) is 5.26. The molecule has 2 aromatic heterocycles. The monoisotopic (exact) mass is 324 g/mol. The largest absolute Gasteiger partial charge is 0.354 e. The molecule has 6 heteroatoms. The van der Waals surface area contributed by atoms with Crippen molar-refractivity contribution in [2.45, 2.75) is 51.4 Å². The topological polar surface area (TPSA) is 70.6 Å². The first-order valence-electron chi connectivity index (χ1n) is 9.16. The predicted octanol–water partition coefficient (Wildman–Crippen LogP) is 2.72. The van der Waals surface area contributed by atoms with Gasteiger partial charge >= 0.3 is 0 Å². The standard InChI is InChI=1S/C18H24N6/c1-10-7-19-11(2)18(20-10)24-8-14(12-3-4-12)15(9-24)17-21-16(22-23-17)13-5-6-13/h7,12-15H,3-6,8-9H2,1-2H3,(H,21,22,23)/t14-,15+/m1/s1. The first-order valence-corrected chi connectivity index (χ1v) is 9.16. The van der Waals surface area contributed by atoms with E-state index in [1.54, 1.807) is 0 Å². The lowest BCUT2D eigenvalue weighted by molar-refractivity contribution is 0.444. The molecular formula is C18H24N6. The van der Waals surface area contributed by atoms with Gasteiger partial charge in [0.2, 0.25) is 0 Å². The normalized spacial score (nSPS) is 27.0. The number of nitrogens with zero attached hydrogens (tertiary/aromatic N) is 5. The van der Waals surface area contributed by atoms with Crippen LogP contribution in [0.2, 0.25) is 0 Å². The molecule has 0 bridgehead atoms. The molecule has 3 aliphatic rings. The zero-order valence-corrected chi connectivity index (χ0v) is 14.4. The summed E-state index contributed by atoms with van der Waals surface area (Å²) in [7, 11) is 0. The van der Waals surface area contributed by atoms with Gasteiger partial charge < -0.3 is 4.90 Å².